The van der Waals surface area contributed by atoms with Gasteiger partial charge in [0.2, 0.25) is 0 Å². The fourth-order valence-electron chi connectivity index (χ4n) is 1.81. The van der Waals surface area contributed by atoms with E-state index in [0.717, 1.165) is 21.8 Å². The van der Waals surface area contributed by atoms with Crippen LogP contribution >= 0.6 is 15.9 Å². The van der Waals surface area contributed by atoms with Crippen molar-refractivity contribution in [3.05, 3.63) is 47.3 Å². The van der Waals surface area contributed by atoms with E-state index in [0.29, 0.717) is 0 Å². The Kier molecular flexibility index (Phi) is 2.79. The molecule has 0 saturated heterocycles. The fourth-order valence-corrected chi connectivity index (χ4v) is 2.21. The number of imidazole rings is 1. The van der Waals surface area contributed by atoms with Crippen LogP contribution in [-0.4, -0.2) is 14.4 Å². The second-order valence-corrected chi connectivity index (χ2v) is 4.76. The standard InChI is InChI=1S/C12H11BrN4O/c1-8(9-3-2-6-18-9)15-11-12-14-4-5-17(12)7-10(13)16-11/h2-8H,1H3,(H,15,16). The number of halogens is 1. The minimum absolute atomic E-state index is 0.0299. The van der Waals surface area contributed by atoms with Crippen LogP contribution < -0.4 is 5.32 Å². The second kappa shape index (κ2) is 4.45. The molecule has 92 valence electrons. The zero-order valence-electron chi connectivity index (χ0n) is 9.67. The van der Waals surface area contributed by atoms with Crippen molar-refractivity contribution in [3.8, 4) is 0 Å². The van der Waals surface area contributed by atoms with Crippen LogP contribution in [0.15, 0.2) is 46.0 Å². The van der Waals surface area contributed by atoms with Gasteiger partial charge in [-0.15, -0.1) is 0 Å². The molecule has 0 aliphatic carbocycles. The Morgan fingerprint density at radius 3 is 3.17 bits per heavy atom. The van der Waals surface area contributed by atoms with Crippen molar-refractivity contribution in [2.45, 2.75) is 13.0 Å². The van der Waals surface area contributed by atoms with Crippen molar-refractivity contribution in [1.82, 2.24) is 14.4 Å². The largest absolute Gasteiger partial charge is 0.467 e. The molecule has 3 rings (SSSR count). The number of hydrogen-bond donors (Lipinski definition) is 1. The van der Waals surface area contributed by atoms with Gasteiger partial charge in [0.05, 0.1) is 12.3 Å². The molecule has 3 heterocycles. The SMILES string of the molecule is CC(Nc1nc(Br)cn2ccnc12)c1ccco1. The third-order valence-corrected chi connectivity index (χ3v) is 3.05. The molecule has 3 aromatic rings. The summed E-state index contributed by atoms with van der Waals surface area (Å²) < 4.78 is 8.03. The van der Waals surface area contributed by atoms with Crippen molar-refractivity contribution < 1.29 is 4.42 Å². The van der Waals surface area contributed by atoms with Crippen LogP contribution in [0.4, 0.5) is 5.82 Å². The number of nitrogens with zero attached hydrogens (tertiary/aromatic N) is 3. The Hall–Kier alpha value is -1.82. The lowest BCUT2D eigenvalue weighted by Crippen LogP contribution is -2.08. The van der Waals surface area contributed by atoms with Gasteiger partial charge >= 0.3 is 0 Å². The van der Waals surface area contributed by atoms with Crippen LogP contribution in [0.25, 0.3) is 5.65 Å². The Labute approximate surface area is 112 Å². The van der Waals surface area contributed by atoms with E-state index in [2.05, 4.69) is 31.2 Å². The van der Waals surface area contributed by atoms with Gasteiger partial charge in [-0.1, -0.05) is 0 Å². The van der Waals surface area contributed by atoms with Crippen molar-refractivity contribution >= 4 is 27.4 Å². The first-order valence-corrected chi connectivity index (χ1v) is 6.32. The summed E-state index contributed by atoms with van der Waals surface area (Å²) in [5.41, 5.74) is 0.789. The van der Waals surface area contributed by atoms with Crippen LogP contribution in [0.3, 0.4) is 0 Å². The normalized spacial score (nSPS) is 12.8. The van der Waals surface area contributed by atoms with Gasteiger partial charge < -0.3 is 14.1 Å². The summed E-state index contributed by atoms with van der Waals surface area (Å²) >= 11 is 3.38. The van der Waals surface area contributed by atoms with Crippen LogP contribution in [0.2, 0.25) is 0 Å². The summed E-state index contributed by atoms with van der Waals surface area (Å²) in [6.45, 7) is 2.01. The summed E-state index contributed by atoms with van der Waals surface area (Å²) in [4.78, 5) is 8.68. The Morgan fingerprint density at radius 2 is 2.39 bits per heavy atom. The highest BCUT2D eigenvalue weighted by Crippen LogP contribution is 2.22. The molecular formula is C12H11BrN4O. The predicted octanol–water partition coefficient (Wildman–Crippen LogP) is 3.26. The van der Waals surface area contributed by atoms with E-state index in [-0.39, 0.29) is 6.04 Å². The van der Waals surface area contributed by atoms with Gasteiger partial charge in [0.25, 0.3) is 0 Å². The molecule has 0 radical (unpaired) electrons. The number of anilines is 1. The third kappa shape index (κ3) is 1.99. The van der Waals surface area contributed by atoms with Gasteiger partial charge in [0.1, 0.15) is 10.4 Å². The van der Waals surface area contributed by atoms with E-state index in [9.17, 15) is 0 Å². The monoisotopic (exact) mass is 306 g/mol. The number of rotatable bonds is 3. The molecule has 0 aliphatic rings. The van der Waals surface area contributed by atoms with Gasteiger partial charge in [-0.2, -0.15) is 0 Å². The molecule has 0 amide bonds. The molecule has 1 atom stereocenters. The minimum atomic E-state index is 0.0299. The second-order valence-electron chi connectivity index (χ2n) is 3.95. The minimum Gasteiger partial charge on any atom is -0.467 e. The lowest BCUT2D eigenvalue weighted by atomic mass is 10.2. The van der Waals surface area contributed by atoms with E-state index < -0.39 is 0 Å². The smallest absolute Gasteiger partial charge is 0.180 e. The number of furan rings is 1. The lowest BCUT2D eigenvalue weighted by molar-refractivity contribution is 0.490. The number of fused-ring (bicyclic) bond motifs is 1. The Balaban J connectivity index is 1.97. The maximum Gasteiger partial charge on any atom is 0.180 e. The van der Waals surface area contributed by atoms with E-state index in [4.69, 9.17) is 4.42 Å². The highest BCUT2D eigenvalue weighted by atomic mass is 79.9. The fraction of sp³-hybridized carbons (Fsp3) is 0.167. The third-order valence-electron chi connectivity index (χ3n) is 2.67. The van der Waals surface area contributed by atoms with Crippen molar-refractivity contribution in [2.24, 2.45) is 0 Å². The highest BCUT2D eigenvalue weighted by molar-refractivity contribution is 9.10. The number of aromatic nitrogens is 3. The Morgan fingerprint density at radius 1 is 1.50 bits per heavy atom. The van der Waals surface area contributed by atoms with E-state index in [1.807, 2.05) is 35.9 Å². The molecular weight excluding hydrogens is 296 g/mol. The van der Waals surface area contributed by atoms with Crippen LogP contribution in [-0.2, 0) is 0 Å². The molecule has 5 nitrogen and oxygen atoms in total. The van der Waals surface area contributed by atoms with Crippen LogP contribution in [0.5, 0.6) is 0 Å². The van der Waals surface area contributed by atoms with E-state index >= 15 is 0 Å². The van der Waals surface area contributed by atoms with E-state index in [1.54, 1.807) is 12.5 Å². The van der Waals surface area contributed by atoms with E-state index in [1.165, 1.54) is 0 Å². The molecule has 1 N–H and O–H groups in total. The average Bonchev–Trinajstić information content (AvgIpc) is 2.98. The molecule has 0 saturated carbocycles. The number of hydrogen-bond acceptors (Lipinski definition) is 4. The first-order valence-electron chi connectivity index (χ1n) is 5.53. The summed E-state index contributed by atoms with van der Waals surface area (Å²) in [5, 5.41) is 3.30. The van der Waals surface area contributed by atoms with Crippen molar-refractivity contribution in [1.29, 1.82) is 0 Å². The molecule has 0 aromatic carbocycles. The van der Waals surface area contributed by atoms with Crippen molar-refractivity contribution in [2.75, 3.05) is 5.32 Å². The molecule has 0 fully saturated rings. The van der Waals surface area contributed by atoms with Gasteiger partial charge in [-0.3, -0.25) is 0 Å². The van der Waals surface area contributed by atoms with Crippen molar-refractivity contribution in [3.63, 3.8) is 0 Å². The predicted molar refractivity (Wildman–Crippen MR) is 71.4 cm³/mol. The lowest BCUT2D eigenvalue weighted by Gasteiger charge is -2.12. The molecule has 18 heavy (non-hydrogen) atoms. The molecule has 1 unspecified atom stereocenters. The maximum absolute atomic E-state index is 5.36. The van der Waals surface area contributed by atoms with Gasteiger partial charge in [0, 0.05) is 18.6 Å². The summed E-state index contributed by atoms with van der Waals surface area (Å²) in [5.74, 6) is 1.58. The molecule has 6 heteroatoms. The molecule has 3 aromatic heterocycles. The Bertz CT molecular complexity index is 662. The number of nitrogens with one attached hydrogen (secondary N) is 1. The summed E-state index contributed by atoms with van der Waals surface area (Å²) in [6, 6.07) is 3.83. The first-order chi connectivity index (χ1) is 8.74. The van der Waals surface area contributed by atoms with Gasteiger partial charge in [-0.25, -0.2) is 9.97 Å². The van der Waals surface area contributed by atoms with Gasteiger partial charge in [-0.05, 0) is 35.0 Å². The quantitative estimate of drug-likeness (QED) is 0.807. The zero-order valence-corrected chi connectivity index (χ0v) is 11.3. The summed E-state index contributed by atoms with van der Waals surface area (Å²) in [6.07, 6.45) is 7.15. The average molecular weight is 307 g/mol. The molecule has 0 aliphatic heterocycles. The molecule has 0 spiro atoms. The first kappa shape index (κ1) is 11.3. The van der Waals surface area contributed by atoms with Crippen LogP contribution in [0, 0.1) is 0 Å². The topological polar surface area (TPSA) is 55.4 Å². The summed E-state index contributed by atoms with van der Waals surface area (Å²) in [7, 11) is 0. The van der Waals surface area contributed by atoms with Crippen LogP contribution in [0.1, 0.15) is 18.7 Å². The highest BCUT2D eigenvalue weighted by Gasteiger charge is 2.12. The molecule has 0 bridgehead atoms. The zero-order chi connectivity index (χ0) is 12.5. The van der Waals surface area contributed by atoms with Gasteiger partial charge in [0.15, 0.2) is 11.5 Å². The maximum atomic E-state index is 5.36.